The number of methoxy groups -OCH3 is 2. The molecule has 26 heavy (non-hydrogen) atoms. The molecule has 1 N–H and O–H groups in total. The van der Waals surface area contributed by atoms with Crippen LogP contribution in [-0.4, -0.2) is 50.1 Å². The van der Waals surface area contributed by atoms with Gasteiger partial charge in [-0.2, -0.15) is 0 Å². The Kier molecular flexibility index (Phi) is 4.51. The molecule has 6 nitrogen and oxygen atoms in total. The lowest BCUT2D eigenvalue weighted by Gasteiger charge is -2.20. The van der Waals surface area contributed by atoms with Crippen molar-refractivity contribution in [1.82, 2.24) is 10.2 Å². The van der Waals surface area contributed by atoms with Gasteiger partial charge < -0.3 is 19.7 Å². The summed E-state index contributed by atoms with van der Waals surface area (Å²) in [5.41, 5.74) is 0.968. The van der Waals surface area contributed by atoms with Crippen LogP contribution in [0.3, 0.4) is 0 Å². The van der Waals surface area contributed by atoms with Crippen molar-refractivity contribution >= 4 is 11.8 Å². The predicted molar refractivity (Wildman–Crippen MR) is 96.2 cm³/mol. The van der Waals surface area contributed by atoms with Crippen molar-refractivity contribution in [3.8, 4) is 11.5 Å². The quantitative estimate of drug-likeness (QED) is 0.844. The summed E-state index contributed by atoms with van der Waals surface area (Å²) in [6.07, 6.45) is 4.06. The average molecular weight is 358 g/mol. The lowest BCUT2D eigenvalue weighted by atomic mass is 9.87. The molecule has 1 aliphatic heterocycles. The zero-order valence-corrected chi connectivity index (χ0v) is 15.4. The molecular formula is C20H26N2O4. The number of benzene rings is 1. The van der Waals surface area contributed by atoms with Gasteiger partial charge in [-0.1, -0.05) is 6.07 Å². The summed E-state index contributed by atoms with van der Waals surface area (Å²) in [6.45, 7) is 1.06. The molecule has 4 rings (SSSR count). The molecule has 2 atom stereocenters. The second-order valence-electron chi connectivity index (χ2n) is 7.62. The standard InChI is InChI=1S/C20H26N2O4/c1-25-14-7-8-15(18(9-14)26-2)16-10-22(20(24)12-3-4-12)11-17(16)19(23)21-13-5-6-13/h7-9,12-13,16-17H,3-6,10-11H2,1-2H3,(H,21,23). The molecule has 3 aliphatic rings. The van der Waals surface area contributed by atoms with Crippen LogP contribution in [0.1, 0.15) is 37.2 Å². The van der Waals surface area contributed by atoms with Crippen LogP contribution >= 0.6 is 0 Å². The summed E-state index contributed by atoms with van der Waals surface area (Å²) in [4.78, 5) is 27.3. The molecular weight excluding hydrogens is 332 g/mol. The van der Waals surface area contributed by atoms with Gasteiger partial charge in [-0.25, -0.2) is 0 Å². The number of nitrogens with one attached hydrogen (secondary N) is 1. The number of likely N-dealkylation sites (tertiary alicyclic amines) is 1. The van der Waals surface area contributed by atoms with Crippen molar-refractivity contribution in [2.24, 2.45) is 11.8 Å². The van der Waals surface area contributed by atoms with E-state index in [9.17, 15) is 9.59 Å². The molecule has 0 radical (unpaired) electrons. The topological polar surface area (TPSA) is 67.9 Å². The number of ether oxygens (including phenoxy) is 2. The number of carbonyl (C=O) groups is 2. The van der Waals surface area contributed by atoms with E-state index in [0.717, 1.165) is 31.2 Å². The number of carbonyl (C=O) groups excluding carboxylic acids is 2. The normalized spacial score (nSPS) is 25.1. The van der Waals surface area contributed by atoms with Gasteiger partial charge in [0.1, 0.15) is 11.5 Å². The minimum atomic E-state index is -0.236. The van der Waals surface area contributed by atoms with Crippen LogP contribution in [0.2, 0.25) is 0 Å². The number of amides is 2. The van der Waals surface area contributed by atoms with Crippen molar-refractivity contribution in [3.05, 3.63) is 23.8 Å². The summed E-state index contributed by atoms with van der Waals surface area (Å²) in [5.74, 6) is 1.55. The number of nitrogens with zero attached hydrogens (tertiary/aromatic N) is 1. The Hall–Kier alpha value is -2.24. The smallest absolute Gasteiger partial charge is 0.225 e. The molecule has 0 spiro atoms. The molecule has 2 unspecified atom stereocenters. The SMILES string of the molecule is COc1ccc(C2CN(C(=O)C3CC3)CC2C(=O)NC2CC2)c(OC)c1. The maximum absolute atomic E-state index is 12.8. The Labute approximate surface area is 153 Å². The highest BCUT2D eigenvalue weighted by Crippen LogP contribution is 2.41. The first-order chi connectivity index (χ1) is 12.6. The Balaban J connectivity index is 1.61. The lowest BCUT2D eigenvalue weighted by Crippen LogP contribution is -2.37. The second kappa shape index (κ2) is 6.82. The van der Waals surface area contributed by atoms with Gasteiger partial charge in [-0.3, -0.25) is 9.59 Å². The van der Waals surface area contributed by atoms with Crippen molar-refractivity contribution in [1.29, 1.82) is 0 Å². The van der Waals surface area contributed by atoms with E-state index in [0.29, 0.717) is 30.6 Å². The molecule has 1 aromatic rings. The predicted octanol–water partition coefficient (Wildman–Crippen LogP) is 1.93. The monoisotopic (exact) mass is 358 g/mol. The van der Waals surface area contributed by atoms with E-state index in [-0.39, 0.29) is 29.6 Å². The first-order valence-corrected chi connectivity index (χ1v) is 9.41. The first kappa shape index (κ1) is 17.2. The first-order valence-electron chi connectivity index (χ1n) is 9.41. The second-order valence-corrected chi connectivity index (χ2v) is 7.62. The van der Waals surface area contributed by atoms with Gasteiger partial charge in [0.25, 0.3) is 0 Å². The number of rotatable bonds is 6. The summed E-state index contributed by atoms with van der Waals surface area (Å²) < 4.78 is 10.8. The molecule has 2 amide bonds. The average Bonchev–Trinajstić information content (AvgIpc) is 3.59. The van der Waals surface area contributed by atoms with E-state index < -0.39 is 0 Å². The third-order valence-corrected chi connectivity index (χ3v) is 5.66. The molecule has 1 saturated heterocycles. The van der Waals surface area contributed by atoms with Crippen LogP contribution in [0.4, 0.5) is 0 Å². The fourth-order valence-corrected chi connectivity index (χ4v) is 3.81. The Bertz CT molecular complexity index is 712. The molecule has 2 saturated carbocycles. The Morgan fingerprint density at radius 3 is 2.46 bits per heavy atom. The number of hydrogen-bond donors (Lipinski definition) is 1. The van der Waals surface area contributed by atoms with Gasteiger partial charge in [0.05, 0.1) is 20.1 Å². The highest BCUT2D eigenvalue weighted by atomic mass is 16.5. The van der Waals surface area contributed by atoms with Gasteiger partial charge in [-0.05, 0) is 31.7 Å². The largest absolute Gasteiger partial charge is 0.497 e. The van der Waals surface area contributed by atoms with E-state index in [4.69, 9.17) is 9.47 Å². The zero-order chi connectivity index (χ0) is 18.3. The molecule has 1 heterocycles. The van der Waals surface area contributed by atoms with Gasteiger partial charge in [0.2, 0.25) is 11.8 Å². The molecule has 1 aromatic carbocycles. The van der Waals surface area contributed by atoms with Crippen LogP contribution in [0.25, 0.3) is 0 Å². The van der Waals surface area contributed by atoms with E-state index in [1.54, 1.807) is 14.2 Å². The van der Waals surface area contributed by atoms with Crippen molar-refractivity contribution in [2.45, 2.75) is 37.6 Å². The fourth-order valence-electron chi connectivity index (χ4n) is 3.81. The summed E-state index contributed by atoms with van der Waals surface area (Å²) in [6, 6.07) is 6.01. The van der Waals surface area contributed by atoms with Crippen LogP contribution in [0, 0.1) is 11.8 Å². The van der Waals surface area contributed by atoms with Gasteiger partial charge in [0.15, 0.2) is 0 Å². The van der Waals surface area contributed by atoms with Gasteiger partial charge in [0, 0.05) is 42.6 Å². The van der Waals surface area contributed by atoms with E-state index in [1.165, 1.54) is 0 Å². The third kappa shape index (κ3) is 3.37. The third-order valence-electron chi connectivity index (χ3n) is 5.66. The minimum Gasteiger partial charge on any atom is -0.497 e. The zero-order valence-electron chi connectivity index (χ0n) is 15.4. The van der Waals surface area contributed by atoms with Gasteiger partial charge in [-0.15, -0.1) is 0 Å². The molecule has 6 heteroatoms. The van der Waals surface area contributed by atoms with Crippen LogP contribution < -0.4 is 14.8 Å². The summed E-state index contributed by atoms with van der Waals surface area (Å²) in [7, 11) is 3.24. The van der Waals surface area contributed by atoms with E-state index in [1.807, 2.05) is 23.1 Å². The summed E-state index contributed by atoms with van der Waals surface area (Å²) in [5, 5.41) is 3.12. The maximum atomic E-state index is 12.8. The summed E-state index contributed by atoms with van der Waals surface area (Å²) >= 11 is 0. The van der Waals surface area contributed by atoms with Crippen molar-refractivity contribution in [3.63, 3.8) is 0 Å². The molecule has 3 fully saturated rings. The van der Waals surface area contributed by atoms with Gasteiger partial charge >= 0.3 is 0 Å². The highest BCUT2D eigenvalue weighted by Gasteiger charge is 2.45. The Morgan fingerprint density at radius 1 is 1.08 bits per heavy atom. The molecule has 0 bridgehead atoms. The van der Waals surface area contributed by atoms with Crippen LogP contribution in [0.15, 0.2) is 18.2 Å². The fraction of sp³-hybridized carbons (Fsp3) is 0.600. The highest BCUT2D eigenvalue weighted by molar-refractivity contribution is 5.85. The molecule has 0 aromatic heterocycles. The Morgan fingerprint density at radius 2 is 1.85 bits per heavy atom. The van der Waals surface area contributed by atoms with Crippen molar-refractivity contribution < 1.29 is 19.1 Å². The van der Waals surface area contributed by atoms with Crippen molar-refractivity contribution in [2.75, 3.05) is 27.3 Å². The minimum absolute atomic E-state index is 0.0569. The van der Waals surface area contributed by atoms with E-state index >= 15 is 0 Å². The number of hydrogen-bond acceptors (Lipinski definition) is 4. The lowest BCUT2D eigenvalue weighted by molar-refractivity contribution is -0.132. The van der Waals surface area contributed by atoms with Crippen LogP contribution in [0.5, 0.6) is 11.5 Å². The molecule has 140 valence electrons. The maximum Gasteiger partial charge on any atom is 0.225 e. The van der Waals surface area contributed by atoms with E-state index in [2.05, 4.69) is 5.32 Å². The molecule has 2 aliphatic carbocycles. The van der Waals surface area contributed by atoms with Crippen LogP contribution in [-0.2, 0) is 9.59 Å².